The number of rotatable bonds is 7. The average molecular weight is 492 g/mol. The molecule has 1 aromatic heterocycles. The molecule has 1 amide bonds. The van der Waals surface area contributed by atoms with Gasteiger partial charge in [-0.05, 0) is 105 Å². The fourth-order valence-corrected chi connectivity index (χ4v) is 8.49. The number of nitrogens with one attached hydrogen (secondary N) is 1. The van der Waals surface area contributed by atoms with Crippen molar-refractivity contribution in [2.75, 3.05) is 5.32 Å². The number of amides is 1. The summed E-state index contributed by atoms with van der Waals surface area (Å²) < 4.78 is 0. The molecule has 1 heterocycles. The van der Waals surface area contributed by atoms with Crippen LogP contribution in [0.5, 0.6) is 0 Å². The summed E-state index contributed by atoms with van der Waals surface area (Å²) in [5, 5.41) is 3.24. The topological polar surface area (TPSA) is 54.9 Å². The Balaban J connectivity index is 1.17. The molecule has 0 aliphatic heterocycles. The molecule has 0 unspecified atom stereocenters. The van der Waals surface area contributed by atoms with E-state index in [1.54, 1.807) is 0 Å². The highest BCUT2D eigenvalue weighted by molar-refractivity contribution is 5.90. The fourth-order valence-electron chi connectivity index (χ4n) is 8.49. The van der Waals surface area contributed by atoms with Gasteiger partial charge in [-0.3, -0.25) is 4.79 Å². The highest BCUT2D eigenvalue weighted by atomic mass is 16.1. The van der Waals surface area contributed by atoms with Crippen LogP contribution >= 0.6 is 0 Å². The molecule has 3 aromatic rings. The van der Waals surface area contributed by atoms with E-state index in [4.69, 9.17) is 9.97 Å². The molecule has 1 N–H and O–H groups in total. The van der Waals surface area contributed by atoms with Gasteiger partial charge in [-0.2, -0.15) is 0 Å². The zero-order valence-electron chi connectivity index (χ0n) is 21.7. The summed E-state index contributed by atoms with van der Waals surface area (Å²) in [5.74, 6) is 3.49. The third-order valence-electron chi connectivity index (χ3n) is 9.62. The second-order valence-electron chi connectivity index (χ2n) is 12.5. The Bertz CT molecular complexity index is 1280. The van der Waals surface area contributed by atoms with E-state index in [1.807, 2.05) is 6.07 Å². The van der Waals surface area contributed by atoms with E-state index in [0.29, 0.717) is 11.8 Å². The third kappa shape index (κ3) is 4.60. The first-order valence-electron chi connectivity index (χ1n) is 14.4. The van der Waals surface area contributed by atoms with E-state index < -0.39 is 0 Å². The molecule has 4 fully saturated rings. The van der Waals surface area contributed by atoms with Gasteiger partial charge in [-0.1, -0.05) is 54.6 Å². The molecule has 4 nitrogen and oxygen atoms in total. The summed E-state index contributed by atoms with van der Waals surface area (Å²) in [6.45, 7) is 0. The van der Waals surface area contributed by atoms with Gasteiger partial charge in [0, 0.05) is 12.0 Å². The Morgan fingerprint density at radius 2 is 1.57 bits per heavy atom. The number of benzene rings is 2. The Kier molecular flexibility index (Phi) is 5.86. The second-order valence-corrected chi connectivity index (χ2v) is 12.5. The van der Waals surface area contributed by atoms with Crippen molar-refractivity contribution in [1.82, 2.24) is 9.97 Å². The third-order valence-corrected chi connectivity index (χ3v) is 9.62. The minimum absolute atomic E-state index is 0.0631. The smallest absolute Gasteiger partial charge is 0.225 e. The fraction of sp³-hybridized carbons (Fsp3) is 0.485. The van der Waals surface area contributed by atoms with E-state index in [2.05, 4.69) is 53.8 Å². The highest BCUT2D eigenvalue weighted by Crippen LogP contribution is 2.61. The maximum Gasteiger partial charge on any atom is 0.225 e. The molecule has 0 radical (unpaired) electrons. The number of hydrogen-bond donors (Lipinski definition) is 1. The second kappa shape index (κ2) is 9.38. The molecule has 0 saturated heterocycles. The zero-order valence-corrected chi connectivity index (χ0v) is 21.7. The molecule has 37 heavy (non-hydrogen) atoms. The Morgan fingerprint density at radius 1 is 0.865 bits per heavy atom. The normalized spacial score (nSPS) is 27.0. The van der Waals surface area contributed by atoms with Crippen LogP contribution < -0.4 is 5.32 Å². The van der Waals surface area contributed by atoms with Crippen molar-refractivity contribution in [2.24, 2.45) is 23.2 Å². The van der Waals surface area contributed by atoms with E-state index in [1.165, 1.54) is 55.2 Å². The first kappa shape index (κ1) is 23.1. The number of anilines is 1. The highest BCUT2D eigenvalue weighted by Gasteiger charge is 2.51. The van der Waals surface area contributed by atoms with Gasteiger partial charge in [0.25, 0.3) is 0 Å². The Labute approximate surface area is 220 Å². The van der Waals surface area contributed by atoms with Crippen LogP contribution in [-0.4, -0.2) is 15.9 Å². The lowest BCUT2D eigenvalue weighted by Crippen LogP contribution is -2.47. The molecule has 4 heteroatoms. The monoisotopic (exact) mass is 491 g/mol. The summed E-state index contributed by atoms with van der Waals surface area (Å²) in [4.78, 5) is 23.6. The van der Waals surface area contributed by atoms with Gasteiger partial charge in [0.1, 0.15) is 0 Å². The van der Waals surface area contributed by atoms with E-state index in [-0.39, 0.29) is 5.91 Å². The summed E-state index contributed by atoms with van der Waals surface area (Å²) in [6.07, 6.45) is 13.4. The van der Waals surface area contributed by atoms with Crippen LogP contribution in [0.3, 0.4) is 0 Å². The van der Waals surface area contributed by atoms with Crippen molar-refractivity contribution in [1.29, 1.82) is 0 Å². The lowest BCUT2D eigenvalue weighted by molar-refractivity contribution is -0.116. The molecule has 5 aliphatic carbocycles. The number of carbonyl (C=O) groups excluding carboxylic acids is 1. The molecular formula is C33H37N3O. The van der Waals surface area contributed by atoms with E-state index >= 15 is 0 Å². The molecule has 4 bridgehead atoms. The summed E-state index contributed by atoms with van der Waals surface area (Å²) in [7, 11) is 0. The largest absolute Gasteiger partial charge is 0.309 e. The average Bonchev–Trinajstić information content (AvgIpc) is 2.89. The van der Waals surface area contributed by atoms with Gasteiger partial charge in [-0.15, -0.1) is 0 Å². The number of hydrogen-bond acceptors (Lipinski definition) is 3. The van der Waals surface area contributed by atoms with Crippen molar-refractivity contribution in [3.8, 4) is 11.3 Å². The molecule has 0 spiro atoms. The van der Waals surface area contributed by atoms with Gasteiger partial charge in [-0.25, -0.2) is 9.97 Å². The molecule has 8 rings (SSSR count). The first-order chi connectivity index (χ1) is 18.1. The molecule has 190 valence electrons. The van der Waals surface area contributed by atoms with Crippen LogP contribution in [0.4, 0.5) is 5.82 Å². The Morgan fingerprint density at radius 3 is 2.32 bits per heavy atom. The van der Waals surface area contributed by atoms with Crippen LogP contribution in [0.2, 0.25) is 0 Å². The lowest BCUT2D eigenvalue weighted by atomic mass is 9.48. The number of aryl methyl sites for hydroxylation is 3. The van der Waals surface area contributed by atoms with Gasteiger partial charge in [0.2, 0.25) is 5.91 Å². The van der Waals surface area contributed by atoms with Crippen LogP contribution in [0.15, 0.2) is 54.6 Å². The minimum atomic E-state index is 0.0631. The summed E-state index contributed by atoms with van der Waals surface area (Å²) in [5.41, 5.74) is 7.32. The quantitative estimate of drug-likeness (QED) is 0.389. The van der Waals surface area contributed by atoms with E-state index in [0.717, 1.165) is 72.8 Å². The van der Waals surface area contributed by atoms with Crippen LogP contribution in [0.25, 0.3) is 11.3 Å². The van der Waals surface area contributed by atoms with Crippen molar-refractivity contribution >= 4 is 11.7 Å². The maximum atomic E-state index is 13.1. The number of carbonyl (C=O) groups is 1. The van der Waals surface area contributed by atoms with Gasteiger partial charge in [0.05, 0.1) is 17.1 Å². The van der Waals surface area contributed by atoms with Crippen LogP contribution in [0, 0.1) is 23.2 Å². The Hall–Kier alpha value is -3.01. The number of fused-ring (bicyclic) bond motifs is 3. The molecule has 0 atom stereocenters. The van der Waals surface area contributed by atoms with Crippen LogP contribution in [0.1, 0.15) is 73.9 Å². The van der Waals surface area contributed by atoms with E-state index in [9.17, 15) is 4.79 Å². The number of aromatic nitrogens is 2. The summed E-state index contributed by atoms with van der Waals surface area (Å²) >= 11 is 0. The van der Waals surface area contributed by atoms with Gasteiger partial charge >= 0.3 is 0 Å². The van der Waals surface area contributed by atoms with Crippen molar-refractivity contribution in [3.05, 3.63) is 77.1 Å². The van der Waals surface area contributed by atoms with Crippen molar-refractivity contribution < 1.29 is 4.79 Å². The zero-order chi connectivity index (χ0) is 24.8. The van der Waals surface area contributed by atoms with Crippen molar-refractivity contribution in [2.45, 2.75) is 77.0 Å². The molecule has 5 aliphatic rings. The van der Waals surface area contributed by atoms with Gasteiger partial charge < -0.3 is 5.32 Å². The lowest BCUT2D eigenvalue weighted by Gasteiger charge is -2.57. The molecular weight excluding hydrogens is 454 g/mol. The first-order valence-corrected chi connectivity index (χ1v) is 14.4. The standard InChI is InChI=1S/C33H37N3O/c37-30(12-6-9-22-7-2-1-3-8-22)36-32-29(21-33-18-23-15-24(19-33)17-25(16-23)20-33)34-31-27-11-5-4-10-26(27)13-14-28(31)35-32/h1-5,7-8,10-11,23-25H,6,9,12-21H2,(H,35,36,37). The maximum absolute atomic E-state index is 13.1. The minimum Gasteiger partial charge on any atom is -0.309 e. The molecule has 4 saturated carbocycles. The predicted octanol–water partition coefficient (Wildman–Crippen LogP) is 6.96. The summed E-state index contributed by atoms with van der Waals surface area (Å²) in [6, 6.07) is 19.1. The predicted molar refractivity (Wildman–Crippen MR) is 147 cm³/mol. The van der Waals surface area contributed by atoms with Gasteiger partial charge in [0.15, 0.2) is 5.82 Å². The van der Waals surface area contributed by atoms with Crippen molar-refractivity contribution in [3.63, 3.8) is 0 Å². The number of nitrogens with zero attached hydrogens (tertiary/aromatic N) is 2. The SMILES string of the molecule is O=C(CCCc1ccccc1)Nc1nc2c(nc1CC13CC4CC(CC(C4)C1)C3)-c1ccccc1CC2. The van der Waals surface area contributed by atoms with Crippen LogP contribution in [-0.2, 0) is 30.5 Å². The molecule has 2 aromatic carbocycles.